The predicted octanol–water partition coefficient (Wildman–Crippen LogP) is 3.63. The Kier molecular flexibility index (Phi) is 5.50. The molecule has 1 fully saturated rings. The van der Waals surface area contributed by atoms with E-state index in [1.54, 1.807) is 25.2 Å². The molecule has 2 heterocycles. The van der Waals surface area contributed by atoms with E-state index in [9.17, 15) is 13.2 Å². The van der Waals surface area contributed by atoms with Crippen LogP contribution in [0.4, 0.5) is 5.69 Å². The highest BCUT2D eigenvalue weighted by Crippen LogP contribution is 2.25. The molecular weight excluding hydrogens is 406 g/mol. The third kappa shape index (κ3) is 4.10. The number of thiazole rings is 1. The van der Waals surface area contributed by atoms with Crippen LogP contribution in [0.1, 0.15) is 37.8 Å². The fourth-order valence-electron chi connectivity index (χ4n) is 3.78. The fourth-order valence-corrected chi connectivity index (χ4v) is 6.03. The highest BCUT2D eigenvalue weighted by atomic mass is 32.2. The minimum absolute atomic E-state index is 0.107. The fraction of sp³-hybridized carbons (Fsp3) is 0.381. The highest BCUT2D eigenvalue weighted by molar-refractivity contribution is 7.89. The predicted molar refractivity (Wildman–Crippen MR) is 118 cm³/mol. The Labute approximate surface area is 174 Å². The van der Waals surface area contributed by atoms with Crippen LogP contribution in [-0.2, 0) is 17.1 Å². The molecule has 1 saturated heterocycles. The second kappa shape index (κ2) is 7.93. The molecule has 8 heteroatoms. The first kappa shape index (κ1) is 20.1. The quantitative estimate of drug-likeness (QED) is 0.670. The van der Waals surface area contributed by atoms with E-state index < -0.39 is 10.0 Å². The number of aryl methyl sites for hydroxylation is 1. The molecule has 0 radical (unpaired) electrons. The van der Waals surface area contributed by atoms with E-state index in [1.807, 2.05) is 19.1 Å². The van der Waals surface area contributed by atoms with Gasteiger partial charge >= 0.3 is 4.87 Å². The van der Waals surface area contributed by atoms with Gasteiger partial charge in [-0.3, -0.25) is 4.79 Å². The first-order valence-corrected chi connectivity index (χ1v) is 12.1. The summed E-state index contributed by atoms with van der Waals surface area (Å²) in [7, 11) is -2.01. The van der Waals surface area contributed by atoms with Crippen molar-refractivity contribution in [1.82, 2.24) is 9.29 Å². The standard InChI is InChI=1S/C21H25N3O3S2/c1-15(16-6-8-17(9-7-16)24-12-4-3-5-13-24)22-29(26,27)18-10-11-19-20(14-18)28-21(25)23(19)2/h6-11,14-15,22H,3-5,12-13H2,1-2H3. The number of sulfonamides is 1. The minimum Gasteiger partial charge on any atom is -0.372 e. The Bertz CT molecular complexity index is 1170. The van der Waals surface area contributed by atoms with Crippen LogP contribution < -0.4 is 14.5 Å². The summed E-state index contributed by atoms with van der Waals surface area (Å²) >= 11 is 1.05. The van der Waals surface area contributed by atoms with Crippen molar-refractivity contribution in [2.75, 3.05) is 18.0 Å². The van der Waals surface area contributed by atoms with Gasteiger partial charge in [0, 0.05) is 31.9 Å². The summed E-state index contributed by atoms with van der Waals surface area (Å²) in [4.78, 5) is 14.3. The topological polar surface area (TPSA) is 71.4 Å². The molecule has 0 amide bonds. The number of aromatic nitrogens is 1. The maximum absolute atomic E-state index is 12.9. The van der Waals surface area contributed by atoms with Gasteiger partial charge in [0.15, 0.2) is 0 Å². The average Bonchev–Trinajstić information content (AvgIpc) is 3.01. The van der Waals surface area contributed by atoms with E-state index in [0.717, 1.165) is 35.5 Å². The van der Waals surface area contributed by atoms with Crippen LogP contribution in [0.5, 0.6) is 0 Å². The average molecular weight is 432 g/mol. The van der Waals surface area contributed by atoms with Gasteiger partial charge in [0.05, 0.1) is 15.1 Å². The highest BCUT2D eigenvalue weighted by Gasteiger charge is 2.20. The molecule has 0 saturated carbocycles. The van der Waals surface area contributed by atoms with Gasteiger partial charge in [0.25, 0.3) is 0 Å². The molecule has 1 aliphatic rings. The molecule has 4 rings (SSSR count). The summed E-state index contributed by atoms with van der Waals surface area (Å²) < 4.78 is 30.7. The summed E-state index contributed by atoms with van der Waals surface area (Å²) in [6.45, 7) is 4.00. The second-order valence-corrected chi connectivity index (χ2v) is 10.2. The van der Waals surface area contributed by atoms with Gasteiger partial charge in [-0.25, -0.2) is 13.1 Å². The van der Waals surface area contributed by atoms with Crippen molar-refractivity contribution in [3.05, 3.63) is 57.7 Å². The Morgan fingerprint density at radius 2 is 1.72 bits per heavy atom. The lowest BCUT2D eigenvalue weighted by atomic mass is 10.1. The van der Waals surface area contributed by atoms with Gasteiger partial charge in [0.1, 0.15) is 0 Å². The van der Waals surface area contributed by atoms with Crippen LogP contribution in [0.2, 0.25) is 0 Å². The van der Waals surface area contributed by atoms with Gasteiger partial charge < -0.3 is 9.47 Å². The van der Waals surface area contributed by atoms with E-state index in [-0.39, 0.29) is 15.8 Å². The minimum atomic E-state index is -3.70. The monoisotopic (exact) mass is 431 g/mol. The number of rotatable bonds is 5. The molecule has 154 valence electrons. The maximum atomic E-state index is 12.9. The van der Waals surface area contributed by atoms with Crippen molar-refractivity contribution in [3.63, 3.8) is 0 Å². The Balaban J connectivity index is 1.52. The maximum Gasteiger partial charge on any atom is 0.307 e. The largest absolute Gasteiger partial charge is 0.372 e. The number of nitrogens with one attached hydrogen (secondary N) is 1. The number of anilines is 1. The molecule has 0 spiro atoms. The van der Waals surface area contributed by atoms with Crippen molar-refractivity contribution >= 4 is 37.3 Å². The lowest BCUT2D eigenvalue weighted by Gasteiger charge is -2.29. The molecule has 29 heavy (non-hydrogen) atoms. The summed E-state index contributed by atoms with van der Waals surface area (Å²) in [5.74, 6) is 0. The van der Waals surface area contributed by atoms with Crippen molar-refractivity contribution in [2.24, 2.45) is 7.05 Å². The Morgan fingerprint density at radius 1 is 1.03 bits per heavy atom. The summed E-state index contributed by atoms with van der Waals surface area (Å²) in [5.41, 5.74) is 2.84. The lowest BCUT2D eigenvalue weighted by molar-refractivity contribution is 0.566. The number of piperidine rings is 1. The van der Waals surface area contributed by atoms with Crippen molar-refractivity contribution < 1.29 is 8.42 Å². The third-order valence-corrected chi connectivity index (χ3v) is 8.05. The van der Waals surface area contributed by atoms with Crippen LogP contribution in [0, 0.1) is 0 Å². The van der Waals surface area contributed by atoms with Crippen LogP contribution in [0.15, 0.2) is 52.2 Å². The van der Waals surface area contributed by atoms with Crippen molar-refractivity contribution in [2.45, 2.75) is 37.1 Å². The van der Waals surface area contributed by atoms with Crippen LogP contribution in [0.3, 0.4) is 0 Å². The first-order valence-electron chi connectivity index (χ1n) is 9.82. The van der Waals surface area contributed by atoms with E-state index in [0.29, 0.717) is 4.70 Å². The van der Waals surface area contributed by atoms with E-state index >= 15 is 0 Å². The Morgan fingerprint density at radius 3 is 2.41 bits per heavy atom. The van der Waals surface area contributed by atoms with Gasteiger partial charge in [-0.1, -0.05) is 23.5 Å². The first-order chi connectivity index (χ1) is 13.8. The zero-order chi connectivity index (χ0) is 20.6. The molecule has 1 unspecified atom stereocenters. The molecule has 3 aromatic rings. The van der Waals surface area contributed by atoms with Gasteiger partial charge in [-0.05, 0) is 62.1 Å². The molecule has 1 aliphatic heterocycles. The van der Waals surface area contributed by atoms with Crippen LogP contribution in [-0.4, -0.2) is 26.1 Å². The van der Waals surface area contributed by atoms with E-state index in [1.165, 1.54) is 29.5 Å². The number of hydrogen-bond acceptors (Lipinski definition) is 5. The Hall–Kier alpha value is -2.16. The van der Waals surface area contributed by atoms with Crippen molar-refractivity contribution in [1.29, 1.82) is 0 Å². The zero-order valence-corrected chi connectivity index (χ0v) is 18.2. The summed E-state index contributed by atoms with van der Waals surface area (Å²) in [6, 6.07) is 12.5. The zero-order valence-electron chi connectivity index (χ0n) is 16.6. The molecular formula is C21H25N3O3S2. The number of fused-ring (bicyclic) bond motifs is 1. The lowest BCUT2D eigenvalue weighted by Crippen LogP contribution is -2.29. The number of nitrogens with zero attached hydrogens (tertiary/aromatic N) is 2. The van der Waals surface area contributed by atoms with Gasteiger partial charge in [-0.15, -0.1) is 0 Å². The van der Waals surface area contributed by atoms with E-state index in [2.05, 4.69) is 21.8 Å². The van der Waals surface area contributed by atoms with Crippen LogP contribution >= 0.6 is 11.3 Å². The molecule has 2 aromatic carbocycles. The SMILES string of the molecule is CC(NS(=O)(=O)c1ccc2c(c1)sc(=O)n2C)c1ccc(N2CCCCC2)cc1. The summed E-state index contributed by atoms with van der Waals surface area (Å²) in [5, 5.41) is 0. The third-order valence-electron chi connectivity index (χ3n) is 5.52. The smallest absolute Gasteiger partial charge is 0.307 e. The normalized spacial score (nSPS) is 16.3. The molecule has 1 aromatic heterocycles. The number of benzene rings is 2. The van der Waals surface area contributed by atoms with Crippen molar-refractivity contribution in [3.8, 4) is 0 Å². The van der Waals surface area contributed by atoms with E-state index in [4.69, 9.17) is 0 Å². The molecule has 1 N–H and O–H groups in total. The summed E-state index contributed by atoms with van der Waals surface area (Å²) in [6.07, 6.45) is 3.73. The molecule has 0 bridgehead atoms. The van der Waals surface area contributed by atoms with Gasteiger partial charge in [-0.2, -0.15) is 0 Å². The van der Waals surface area contributed by atoms with Gasteiger partial charge in [0.2, 0.25) is 10.0 Å². The number of hydrogen-bond donors (Lipinski definition) is 1. The molecule has 6 nitrogen and oxygen atoms in total. The molecule has 0 aliphatic carbocycles. The van der Waals surface area contributed by atoms with Crippen LogP contribution in [0.25, 0.3) is 10.2 Å². The second-order valence-electron chi connectivity index (χ2n) is 7.54. The molecule has 1 atom stereocenters.